The van der Waals surface area contributed by atoms with Gasteiger partial charge in [0.2, 0.25) is 0 Å². The second kappa shape index (κ2) is 8.53. The van der Waals surface area contributed by atoms with Crippen molar-refractivity contribution in [2.24, 2.45) is 0 Å². The molecule has 0 aromatic heterocycles. The van der Waals surface area contributed by atoms with Crippen LogP contribution in [0.2, 0.25) is 5.02 Å². The number of hydrogen-bond donors (Lipinski definition) is 1. The highest BCUT2D eigenvalue weighted by Gasteiger charge is 2.19. The third-order valence-corrected chi connectivity index (χ3v) is 3.75. The van der Waals surface area contributed by atoms with Gasteiger partial charge in [-0.05, 0) is 62.2 Å². The highest BCUT2D eigenvalue weighted by Crippen LogP contribution is 2.17. The Morgan fingerprint density at radius 3 is 2.48 bits per heavy atom. The van der Waals surface area contributed by atoms with Gasteiger partial charge >= 0.3 is 5.97 Å². The number of benzene rings is 2. The summed E-state index contributed by atoms with van der Waals surface area (Å²) in [5.41, 5.74) is 2.66. The molecule has 1 atom stereocenters. The summed E-state index contributed by atoms with van der Waals surface area (Å²) in [5, 5.41) is 3.34. The predicted octanol–water partition coefficient (Wildman–Crippen LogP) is 3.91. The molecule has 2 aromatic carbocycles. The highest BCUT2D eigenvalue weighted by atomic mass is 35.5. The molecular formula is C19H20ClNO4. The molecule has 2 aromatic rings. The zero-order valence-corrected chi connectivity index (χ0v) is 15.1. The van der Waals surface area contributed by atoms with Crippen molar-refractivity contribution >= 4 is 29.2 Å². The zero-order chi connectivity index (χ0) is 18.4. The van der Waals surface area contributed by atoms with Crippen LogP contribution in [0.1, 0.15) is 18.1 Å². The van der Waals surface area contributed by atoms with Gasteiger partial charge in [0.25, 0.3) is 5.91 Å². The second-order valence-corrected chi connectivity index (χ2v) is 6.12. The van der Waals surface area contributed by atoms with Crippen LogP contribution in [0.4, 0.5) is 5.69 Å². The van der Waals surface area contributed by atoms with Gasteiger partial charge in [0, 0.05) is 10.7 Å². The fourth-order valence-corrected chi connectivity index (χ4v) is 2.19. The van der Waals surface area contributed by atoms with Crippen LogP contribution in [0.5, 0.6) is 5.75 Å². The van der Waals surface area contributed by atoms with E-state index < -0.39 is 18.0 Å². The van der Waals surface area contributed by atoms with E-state index in [2.05, 4.69) is 5.32 Å². The summed E-state index contributed by atoms with van der Waals surface area (Å²) in [6.45, 7) is 5.06. The summed E-state index contributed by atoms with van der Waals surface area (Å²) in [6, 6.07) is 12.3. The molecule has 132 valence electrons. The Balaban J connectivity index is 1.84. The molecule has 0 aliphatic heterocycles. The van der Waals surface area contributed by atoms with Gasteiger partial charge in [-0.2, -0.15) is 0 Å². The van der Waals surface area contributed by atoms with Gasteiger partial charge in [0.15, 0.2) is 12.7 Å². The summed E-state index contributed by atoms with van der Waals surface area (Å²) in [5.74, 6) is -0.527. The van der Waals surface area contributed by atoms with Crippen molar-refractivity contribution in [2.45, 2.75) is 26.9 Å². The molecule has 25 heavy (non-hydrogen) atoms. The fraction of sp³-hybridized carbons (Fsp3) is 0.263. The number of ether oxygens (including phenoxy) is 2. The van der Waals surface area contributed by atoms with Crippen molar-refractivity contribution in [2.75, 3.05) is 11.9 Å². The van der Waals surface area contributed by atoms with Crippen molar-refractivity contribution in [3.05, 3.63) is 58.6 Å². The van der Waals surface area contributed by atoms with E-state index in [4.69, 9.17) is 21.1 Å². The van der Waals surface area contributed by atoms with Crippen molar-refractivity contribution in [1.29, 1.82) is 0 Å². The summed E-state index contributed by atoms with van der Waals surface area (Å²) in [6.07, 6.45) is -0.929. The summed E-state index contributed by atoms with van der Waals surface area (Å²) in [4.78, 5) is 24.0. The number of aryl methyl sites for hydroxylation is 2. The third kappa shape index (κ3) is 5.80. The van der Waals surface area contributed by atoms with Crippen LogP contribution < -0.4 is 10.1 Å². The molecule has 1 amide bonds. The maximum atomic E-state index is 12.2. The molecule has 0 aliphatic rings. The number of amides is 1. The monoisotopic (exact) mass is 361 g/mol. The standard InChI is InChI=1S/C19H20ClNO4/c1-12-4-5-13(2)17(10-12)21-19(23)14(3)25-18(22)11-24-16-8-6-15(20)7-9-16/h4-10,14H,11H2,1-3H3,(H,21,23). The average Bonchev–Trinajstić information content (AvgIpc) is 2.57. The van der Waals surface area contributed by atoms with Crippen LogP contribution in [0.3, 0.4) is 0 Å². The minimum absolute atomic E-state index is 0.289. The minimum atomic E-state index is -0.929. The first-order valence-corrected chi connectivity index (χ1v) is 8.19. The summed E-state index contributed by atoms with van der Waals surface area (Å²) >= 11 is 5.77. The lowest BCUT2D eigenvalue weighted by molar-refractivity contribution is -0.155. The molecular weight excluding hydrogens is 342 g/mol. The van der Waals surface area contributed by atoms with E-state index in [0.29, 0.717) is 16.5 Å². The highest BCUT2D eigenvalue weighted by molar-refractivity contribution is 6.30. The first-order chi connectivity index (χ1) is 11.8. The molecule has 1 N–H and O–H groups in total. The number of anilines is 1. The fourth-order valence-electron chi connectivity index (χ4n) is 2.06. The Labute approximate surface area is 151 Å². The number of rotatable bonds is 6. The molecule has 0 saturated heterocycles. The molecule has 0 heterocycles. The average molecular weight is 362 g/mol. The second-order valence-electron chi connectivity index (χ2n) is 5.68. The Bertz CT molecular complexity index is 759. The Hall–Kier alpha value is -2.53. The van der Waals surface area contributed by atoms with Gasteiger partial charge in [0.05, 0.1) is 0 Å². The molecule has 0 fully saturated rings. The topological polar surface area (TPSA) is 64.6 Å². The van der Waals surface area contributed by atoms with Crippen LogP contribution in [0, 0.1) is 13.8 Å². The number of carbonyl (C=O) groups excluding carboxylic acids is 2. The first kappa shape index (κ1) is 18.8. The molecule has 0 saturated carbocycles. The summed E-state index contributed by atoms with van der Waals surface area (Å²) in [7, 11) is 0. The SMILES string of the molecule is Cc1ccc(C)c(NC(=O)C(C)OC(=O)COc2ccc(Cl)cc2)c1. The molecule has 0 aliphatic carbocycles. The third-order valence-electron chi connectivity index (χ3n) is 3.50. The van der Waals surface area contributed by atoms with Gasteiger partial charge in [-0.25, -0.2) is 4.79 Å². The number of carbonyl (C=O) groups is 2. The van der Waals surface area contributed by atoms with Crippen LogP contribution in [-0.4, -0.2) is 24.6 Å². The minimum Gasteiger partial charge on any atom is -0.482 e. The van der Waals surface area contributed by atoms with Crippen molar-refractivity contribution in [1.82, 2.24) is 0 Å². The number of nitrogens with one attached hydrogen (secondary N) is 1. The largest absolute Gasteiger partial charge is 0.482 e. The van der Waals surface area contributed by atoms with E-state index in [1.165, 1.54) is 6.92 Å². The maximum absolute atomic E-state index is 12.2. The van der Waals surface area contributed by atoms with E-state index in [1.807, 2.05) is 32.0 Å². The lowest BCUT2D eigenvalue weighted by Gasteiger charge is -2.15. The quantitative estimate of drug-likeness (QED) is 0.792. The smallest absolute Gasteiger partial charge is 0.344 e. The molecule has 5 nitrogen and oxygen atoms in total. The number of halogens is 1. The molecule has 6 heteroatoms. The first-order valence-electron chi connectivity index (χ1n) is 7.81. The Morgan fingerprint density at radius 1 is 1.12 bits per heavy atom. The maximum Gasteiger partial charge on any atom is 0.344 e. The number of hydrogen-bond acceptors (Lipinski definition) is 4. The van der Waals surface area contributed by atoms with Crippen molar-refractivity contribution in [3.63, 3.8) is 0 Å². The Kier molecular flexibility index (Phi) is 6.42. The predicted molar refractivity (Wildman–Crippen MR) is 97.0 cm³/mol. The van der Waals surface area contributed by atoms with E-state index in [9.17, 15) is 9.59 Å². The van der Waals surface area contributed by atoms with Gasteiger partial charge in [-0.15, -0.1) is 0 Å². The van der Waals surface area contributed by atoms with E-state index in [1.54, 1.807) is 24.3 Å². The van der Waals surface area contributed by atoms with Gasteiger partial charge < -0.3 is 14.8 Å². The van der Waals surface area contributed by atoms with Crippen molar-refractivity contribution < 1.29 is 19.1 Å². The lowest BCUT2D eigenvalue weighted by Crippen LogP contribution is -2.31. The molecule has 0 radical (unpaired) electrons. The van der Waals surface area contributed by atoms with Crippen LogP contribution >= 0.6 is 11.6 Å². The number of esters is 1. The van der Waals surface area contributed by atoms with Crippen LogP contribution in [-0.2, 0) is 14.3 Å². The van der Waals surface area contributed by atoms with E-state index in [-0.39, 0.29) is 6.61 Å². The normalized spacial score (nSPS) is 11.5. The molecule has 1 unspecified atom stereocenters. The van der Waals surface area contributed by atoms with Crippen molar-refractivity contribution in [3.8, 4) is 5.75 Å². The van der Waals surface area contributed by atoms with Gasteiger partial charge in [-0.3, -0.25) is 4.79 Å². The zero-order valence-electron chi connectivity index (χ0n) is 14.3. The molecule has 0 bridgehead atoms. The van der Waals surface area contributed by atoms with Gasteiger partial charge in [-0.1, -0.05) is 23.7 Å². The van der Waals surface area contributed by atoms with E-state index in [0.717, 1.165) is 11.1 Å². The summed E-state index contributed by atoms with van der Waals surface area (Å²) < 4.78 is 10.4. The Morgan fingerprint density at radius 2 is 1.80 bits per heavy atom. The van der Waals surface area contributed by atoms with E-state index >= 15 is 0 Å². The van der Waals surface area contributed by atoms with Crippen LogP contribution in [0.25, 0.3) is 0 Å². The lowest BCUT2D eigenvalue weighted by atomic mass is 10.1. The molecule has 2 rings (SSSR count). The van der Waals surface area contributed by atoms with Gasteiger partial charge in [0.1, 0.15) is 5.75 Å². The van der Waals surface area contributed by atoms with Crippen LogP contribution in [0.15, 0.2) is 42.5 Å². The molecule has 0 spiro atoms.